The Morgan fingerprint density at radius 3 is 1.41 bits per heavy atom. The van der Waals surface area contributed by atoms with Gasteiger partial charge in [-0.05, 0) is 99.0 Å². The lowest BCUT2D eigenvalue weighted by Gasteiger charge is -2.42. The highest BCUT2D eigenvalue weighted by Crippen LogP contribution is 2.17. The Hall–Kier alpha value is -0.980. The molecule has 0 bridgehead atoms. The van der Waals surface area contributed by atoms with Crippen LogP contribution in [0.15, 0.2) is 30.3 Å². The van der Waals surface area contributed by atoms with Crippen LogP contribution in [0.25, 0.3) is 0 Å². The van der Waals surface area contributed by atoms with Gasteiger partial charge in [-0.3, -0.25) is 9.80 Å². The summed E-state index contributed by atoms with van der Waals surface area (Å²) in [5.74, 6) is 0. The number of piperazine rings is 2. The van der Waals surface area contributed by atoms with Crippen molar-refractivity contribution in [3.05, 3.63) is 35.9 Å². The topological polar surface area (TPSA) is 16.2 Å². The summed E-state index contributed by atoms with van der Waals surface area (Å²) in [7, 11) is 0. The third kappa shape index (κ3) is 11.3. The first kappa shape index (κ1) is 30.6. The molecule has 4 rings (SSSR count). The van der Waals surface area contributed by atoms with Crippen molar-refractivity contribution < 1.29 is 0 Å². The fourth-order valence-corrected chi connectivity index (χ4v) is 5.92. The van der Waals surface area contributed by atoms with Crippen LogP contribution in [0.5, 0.6) is 0 Å². The molecule has 0 spiro atoms. The van der Waals surface area contributed by atoms with Gasteiger partial charge in [0.05, 0.1) is 0 Å². The molecule has 37 heavy (non-hydrogen) atoms. The van der Waals surface area contributed by atoms with Crippen LogP contribution < -0.4 is 0 Å². The van der Waals surface area contributed by atoms with Gasteiger partial charge in [0.2, 0.25) is 0 Å². The Labute approximate surface area is 230 Å². The van der Waals surface area contributed by atoms with Crippen molar-refractivity contribution in [2.75, 3.05) is 85.1 Å². The van der Waals surface area contributed by atoms with Crippen molar-refractivity contribution in [1.29, 1.82) is 0 Å². The number of nitrogens with zero attached hydrogens (tertiary/aromatic N) is 5. The summed E-state index contributed by atoms with van der Waals surface area (Å²) >= 11 is 0. The fraction of sp³-hybridized carbons (Fsp3) is 0.812. The summed E-state index contributed by atoms with van der Waals surface area (Å²) in [4.78, 5) is 13.1. The molecule has 5 nitrogen and oxygen atoms in total. The van der Waals surface area contributed by atoms with E-state index in [4.69, 9.17) is 0 Å². The third-order valence-corrected chi connectivity index (χ3v) is 8.60. The van der Waals surface area contributed by atoms with Crippen LogP contribution in [0, 0.1) is 0 Å². The molecule has 3 aliphatic rings. The molecular weight excluding hydrogens is 454 g/mol. The number of hydrogen-bond donors (Lipinski definition) is 0. The summed E-state index contributed by atoms with van der Waals surface area (Å²) in [6.07, 6.45) is 6.83. The van der Waals surface area contributed by atoms with E-state index in [-0.39, 0.29) is 0 Å². The molecule has 0 unspecified atom stereocenters. The van der Waals surface area contributed by atoms with E-state index in [1.54, 1.807) is 0 Å². The zero-order chi connectivity index (χ0) is 26.7. The summed E-state index contributed by atoms with van der Waals surface area (Å²) in [5, 5.41) is 0. The first-order valence-electron chi connectivity index (χ1n) is 15.3. The fourth-order valence-electron chi connectivity index (χ4n) is 5.92. The minimum absolute atomic E-state index is 0.325. The van der Waals surface area contributed by atoms with Crippen molar-refractivity contribution in [3.8, 4) is 0 Å². The predicted octanol–water partition coefficient (Wildman–Crippen LogP) is 4.92. The van der Waals surface area contributed by atoms with Gasteiger partial charge in [-0.25, -0.2) is 0 Å². The van der Waals surface area contributed by atoms with E-state index in [1.165, 1.54) is 123 Å². The van der Waals surface area contributed by atoms with E-state index in [9.17, 15) is 0 Å². The maximum absolute atomic E-state index is 2.66. The van der Waals surface area contributed by atoms with Crippen molar-refractivity contribution in [3.63, 3.8) is 0 Å². The van der Waals surface area contributed by atoms with Gasteiger partial charge in [0.25, 0.3) is 0 Å². The van der Waals surface area contributed by atoms with Crippen LogP contribution in [0.1, 0.15) is 72.8 Å². The van der Waals surface area contributed by atoms with Crippen LogP contribution in [-0.4, -0.2) is 121 Å². The average molecular weight is 514 g/mol. The number of likely N-dealkylation sites (tertiary alicyclic amines) is 1. The van der Waals surface area contributed by atoms with Crippen LogP contribution in [0.4, 0.5) is 0 Å². The lowest BCUT2D eigenvalue weighted by atomic mass is 10.0. The Bertz CT molecular complexity index is 716. The van der Waals surface area contributed by atoms with E-state index in [2.05, 4.69) is 96.4 Å². The molecule has 1 aromatic carbocycles. The molecule has 5 heteroatoms. The highest BCUT2D eigenvalue weighted by molar-refractivity contribution is 5.14. The minimum Gasteiger partial charge on any atom is -0.303 e. The zero-order valence-electron chi connectivity index (χ0n) is 25.4. The molecule has 3 aliphatic heterocycles. The smallest absolute Gasteiger partial charge is 0.0126 e. The molecule has 0 N–H and O–H groups in total. The van der Waals surface area contributed by atoms with Crippen LogP contribution >= 0.6 is 0 Å². The normalized spacial score (nSPS) is 22.0. The van der Waals surface area contributed by atoms with Gasteiger partial charge in [-0.1, -0.05) is 36.8 Å². The van der Waals surface area contributed by atoms with Crippen molar-refractivity contribution in [2.45, 2.75) is 84.7 Å². The minimum atomic E-state index is 0.325. The second-order valence-electron chi connectivity index (χ2n) is 13.5. The molecule has 0 amide bonds. The first-order valence-corrected chi connectivity index (χ1v) is 15.3. The van der Waals surface area contributed by atoms with E-state index in [0.717, 1.165) is 0 Å². The molecule has 0 aromatic heterocycles. The van der Waals surface area contributed by atoms with Gasteiger partial charge in [0, 0.05) is 70.0 Å². The predicted molar refractivity (Wildman–Crippen MR) is 161 cm³/mol. The van der Waals surface area contributed by atoms with Crippen LogP contribution in [0.2, 0.25) is 0 Å². The summed E-state index contributed by atoms with van der Waals surface area (Å²) in [6, 6.07) is 10.8. The standard InChI is InChI=1S/C16H33N3.C16H26N2/c1-16(2,3)19-14-12-18(13-15-19)11-7-10-17-8-5-4-6-9-17;1-16(2,3)18-13-11-17(12-14-18)10-9-15-7-5-4-6-8-15/h4-15H2,1-3H3;4-8H,9-14H2,1-3H3. The number of hydrogen-bond acceptors (Lipinski definition) is 5. The summed E-state index contributed by atoms with van der Waals surface area (Å²) in [5.41, 5.74) is 2.13. The van der Waals surface area contributed by atoms with Gasteiger partial charge >= 0.3 is 0 Å². The van der Waals surface area contributed by atoms with Gasteiger partial charge < -0.3 is 14.7 Å². The Morgan fingerprint density at radius 2 is 0.946 bits per heavy atom. The number of benzene rings is 1. The summed E-state index contributed by atoms with van der Waals surface area (Å²) < 4.78 is 0. The molecule has 0 radical (unpaired) electrons. The van der Waals surface area contributed by atoms with Crippen LogP contribution in [-0.2, 0) is 6.42 Å². The van der Waals surface area contributed by atoms with Gasteiger partial charge in [0.1, 0.15) is 0 Å². The van der Waals surface area contributed by atoms with Gasteiger partial charge in [0.15, 0.2) is 0 Å². The lowest BCUT2D eigenvalue weighted by molar-refractivity contribution is 0.0601. The average Bonchev–Trinajstić information content (AvgIpc) is 2.89. The monoisotopic (exact) mass is 513 g/mol. The SMILES string of the molecule is CC(C)(C)N1CCN(CCCN2CCCCC2)CC1.CC(C)(C)N1CCN(CCc2ccccc2)CC1. The Morgan fingerprint density at radius 1 is 0.514 bits per heavy atom. The molecule has 0 saturated carbocycles. The number of piperidine rings is 1. The molecule has 0 atom stereocenters. The van der Waals surface area contributed by atoms with Crippen molar-refractivity contribution >= 4 is 0 Å². The quantitative estimate of drug-likeness (QED) is 0.513. The van der Waals surface area contributed by atoms with Gasteiger partial charge in [-0.2, -0.15) is 0 Å². The second kappa shape index (κ2) is 15.0. The molecule has 3 fully saturated rings. The molecule has 212 valence electrons. The summed E-state index contributed by atoms with van der Waals surface area (Å²) in [6.45, 7) is 30.3. The molecule has 1 aromatic rings. The largest absolute Gasteiger partial charge is 0.303 e. The molecule has 0 aliphatic carbocycles. The van der Waals surface area contributed by atoms with E-state index < -0.39 is 0 Å². The second-order valence-corrected chi connectivity index (χ2v) is 13.5. The Balaban J connectivity index is 0.000000206. The van der Waals surface area contributed by atoms with E-state index in [0.29, 0.717) is 11.1 Å². The molecule has 3 saturated heterocycles. The maximum Gasteiger partial charge on any atom is 0.0126 e. The number of rotatable bonds is 7. The first-order chi connectivity index (χ1) is 17.6. The lowest BCUT2D eigenvalue weighted by Crippen LogP contribution is -2.53. The zero-order valence-corrected chi connectivity index (χ0v) is 25.4. The van der Waals surface area contributed by atoms with E-state index in [1.807, 2.05) is 0 Å². The van der Waals surface area contributed by atoms with Crippen molar-refractivity contribution in [2.24, 2.45) is 0 Å². The molecule has 3 heterocycles. The maximum atomic E-state index is 2.66. The van der Waals surface area contributed by atoms with Gasteiger partial charge in [-0.15, -0.1) is 0 Å². The highest BCUT2D eigenvalue weighted by atomic mass is 15.3. The van der Waals surface area contributed by atoms with Crippen molar-refractivity contribution in [1.82, 2.24) is 24.5 Å². The van der Waals surface area contributed by atoms with Crippen LogP contribution in [0.3, 0.4) is 0 Å². The third-order valence-electron chi connectivity index (χ3n) is 8.60. The highest BCUT2D eigenvalue weighted by Gasteiger charge is 2.26. The molecular formula is C32H59N5. The van der Waals surface area contributed by atoms with E-state index >= 15 is 0 Å². The Kier molecular flexibility index (Phi) is 12.4.